The van der Waals surface area contributed by atoms with Crippen LogP contribution < -0.4 is 5.32 Å². The largest absolute Gasteiger partial charge is 0.349 e. The predicted octanol–water partition coefficient (Wildman–Crippen LogP) is 3.31. The molecule has 1 saturated carbocycles. The number of hydrogen-bond donors (Lipinski definition) is 1. The lowest BCUT2D eigenvalue weighted by atomic mass is 9.84. The summed E-state index contributed by atoms with van der Waals surface area (Å²) in [5.74, 6) is 0.358. The topological polar surface area (TPSA) is 63.2 Å². The Hall–Kier alpha value is -1.07. The minimum absolute atomic E-state index is 0.000968. The highest BCUT2D eigenvalue weighted by Crippen LogP contribution is 2.26. The number of hydrogen-bond acceptors (Lipinski definition) is 3. The Morgan fingerprint density at radius 2 is 1.76 bits per heavy atom. The van der Waals surface area contributed by atoms with Gasteiger partial charge >= 0.3 is 0 Å². The first-order valence-corrected chi connectivity index (χ1v) is 9.54. The summed E-state index contributed by atoms with van der Waals surface area (Å²) < 4.78 is 22.3. The van der Waals surface area contributed by atoms with Crippen LogP contribution in [0.3, 0.4) is 0 Å². The molecule has 0 radical (unpaired) electrons. The third-order valence-corrected chi connectivity index (χ3v) is 5.48. The van der Waals surface area contributed by atoms with Gasteiger partial charge in [-0.3, -0.25) is 4.79 Å². The highest BCUT2D eigenvalue weighted by Gasteiger charge is 2.22. The molecule has 0 saturated heterocycles. The molecule has 0 aliphatic heterocycles. The minimum atomic E-state index is -3.74. The first kappa shape index (κ1) is 16.3. The Balaban J connectivity index is 1.99. The van der Waals surface area contributed by atoms with E-state index >= 15 is 0 Å². The van der Waals surface area contributed by atoms with Crippen molar-refractivity contribution in [2.24, 2.45) is 5.92 Å². The Morgan fingerprint density at radius 3 is 2.29 bits per heavy atom. The van der Waals surface area contributed by atoms with E-state index in [-0.39, 0.29) is 16.8 Å². The molecule has 116 valence electrons. The fourth-order valence-corrected chi connectivity index (χ4v) is 3.58. The van der Waals surface area contributed by atoms with Crippen LogP contribution in [-0.4, -0.2) is 20.4 Å². The van der Waals surface area contributed by atoms with Crippen molar-refractivity contribution in [2.45, 2.75) is 50.0 Å². The number of benzene rings is 1. The summed E-state index contributed by atoms with van der Waals surface area (Å²) >= 11 is 0. The van der Waals surface area contributed by atoms with E-state index in [0.717, 1.165) is 12.8 Å². The van der Waals surface area contributed by atoms with E-state index in [1.54, 1.807) is 0 Å². The quantitative estimate of drug-likeness (QED) is 0.862. The van der Waals surface area contributed by atoms with E-state index in [4.69, 9.17) is 10.7 Å². The van der Waals surface area contributed by atoms with Gasteiger partial charge in [0.1, 0.15) is 0 Å². The van der Waals surface area contributed by atoms with Crippen LogP contribution in [0.5, 0.6) is 0 Å². The number of rotatable bonds is 4. The Bertz CT molecular complexity index is 592. The van der Waals surface area contributed by atoms with Crippen LogP contribution in [-0.2, 0) is 9.05 Å². The molecule has 0 heterocycles. The molecule has 2 rings (SSSR count). The molecular formula is C15H20ClNO3S. The second-order valence-electron chi connectivity index (χ2n) is 5.62. The maximum Gasteiger partial charge on any atom is 0.261 e. The van der Waals surface area contributed by atoms with Gasteiger partial charge < -0.3 is 5.32 Å². The number of carbonyl (C=O) groups is 1. The van der Waals surface area contributed by atoms with Crippen molar-refractivity contribution in [3.8, 4) is 0 Å². The van der Waals surface area contributed by atoms with Gasteiger partial charge in [-0.25, -0.2) is 8.42 Å². The molecule has 1 fully saturated rings. The van der Waals surface area contributed by atoms with Gasteiger partial charge in [0.05, 0.1) is 4.90 Å². The number of carbonyl (C=O) groups excluding carboxylic acids is 1. The molecule has 1 atom stereocenters. The van der Waals surface area contributed by atoms with Crippen LogP contribution in [0.4, 0.5) is 0 Å². The summed E-state index contributed by atoms with van der Waals surface area (Å²) in [6.45, 7) is 2.03. The van der Waals surface area contributed by atoms with Gasteiger partial charge in [-0.1, -0.05) is 19.3 Å². The summed E-state index contributed by atoms with van der Waals surface area (Å²) in [5, 5.41) is 3.00. The van der Waals surface area contributed by atoms with Crippen LogP contribution in [0, 0.1) is 5.92 Å². The van der Waals surface area contributed by atoms with E-state index in [9.17, 15) is 13.2 Å². The molecule has 6 heteroatoms. The minimum Gasteiger partial charge on any atom is -0.349 e. The van der Waals surface area contributed by atoms with Crippen LogP contribution in [0.1, 0.15) is 49.4 Å². The maximum absolute atomic E-state index is 12.2. The number of amides is 1. The molecule has 0 spiro atoms. The first-order valence-electron chi connectivity index (χ1n) is 7.23. The van der Waals surface area contributed by atoms with Gasteiger partial charge in [-0.15, -0.1) is 0 Å². The second kappa shape index (κ2) is 6.79. The summed E-state index contributed by atoms with van der Waals surface area (Å²) in [4.78, 5) is 12.2. The van der Waals surface area contributed by atoms with Crippen molar-refractivity contribution < 1.29 is 13.2 Å². The summed E-state index contributed by atoms with van der Waals surface area (Å²) in [5.41, 5.74) is 0.446. The number of halogens is 1. The fourth-order valence-electron chi connectivity index (χ4n) is 2.81. The van der Waals surface area contributed by atoms with E-state index < -0.39 is 9.05 Å². The third kappa shape index (κ3) is 4.45. The smallest absolute Gasteiger partial charge is 0.261 e. The second-order valence-corrected chi connectivity index (χ2v) is 8.19. The number of nitrogens with one attached hydrogen (secondary N) is 1. The Kier molecular flexibility index (Phi) is 5.27. The van der Waals surface area contributed by atoms with Crippen molar-refractivity contribution in [1.29, 1.82) is 0 Å². The average molecular weight is 330 g/mol. The molecule has 1 unspecified atom stereocenters. The van der Waals surface area contributed by atoms with Crippen molar-refractivity contribution >= 4 is 25.6 Å². The molecule has 21 heavy (non-hydrogen) atoms. The molecule has 1 aromatic carbocycles. The highest BCUT2D eigenvalue weighted by molar-refractivity contribution is 8.13. The predicted molar refractivity (Wildman–Crippen MR) is 83.0 cm³/mol. The Morgan fingerprint density at radius 1 is 1.19 bits per heavy atom. The van der Waals surface area contributed by atoms with Crippen LogP contribution in [0.2, 0.25) is 0 Å². The van der Waals surface area contributed by atoms with Crippen LogP contribution >= 0.6 is 10.7 Å². The lowest BCUT2D eigenvalue weighted by molar-refractivity contribution is 0.0919. The van der Waals surface area contributed by atoms with Crippen LogP contribution in [0.25, 0.3) is 0 Å². The zero-order valence-electron chi connectivity index (χ0n) is 12.0. The summed E-state index contributed by atoms with van der Waals surface area (Å²) in [7, 11) is 1.50. The van der Waals surface area contributed by atoms with Gasteiger partial charge in [0.25, 0.3) is 15.0 Å². The molecule has 0 aromatic heterocycles. The van der Waals surface area contributed by atoms with Crippen molar-refractivity contribution in [3.63, 3.8) is 0 Å². The zero-order valence-corrected chi connectivity index (χ0v) is 13.6. The average Bonchev–Trinajstić information content (AvgIpc) is 2.47. The van der Waals surface area contributed by atoms with Gasteiger partial charge in [0.15, 0.2) is 0 Å². The zero-order chi connectivity index (χ0) is 15.5. The van der Waals surface area contributed by atoms with Crippen LogP contribution in [0.15, 0.2) is 29.2 Å². The van der Waals surface area contributed by atoms with E-state index in [0.29, 0.717) is 11.5 Å². The van der Waals surface area contributed by atoms with Crippen molar-refractivity contribution in [2.75, 3.05) is 0 Å². The highest BCUT2D eigenvalue weighted by atomic mass is 35.7. The molecule has 1 N–H and O–H groups in total. The fraction of sp³-hybridized carbons (Fsp3) is 0.533. The summed E-state index contributed by atoms with van der Waals surface area (Å²) in [6, 6.07) is 5.80. The summed E-state index contributed by atoms with van der Waals surface area (Å²) in [6.07, 6.45) is 6.06. The molecule has 4 nitrogen and oxygen atoms in total. The van der Waals surface area contributed by atoms with Crippen molar-refractivity contribution in [1.82, 2.24) is 5.32 Å². The van der Waals surface area contributed by atoms with Gasteiger partial charge in [-0.2, -0.15) is 0 Å². The molecule has 1 aliphatic carbocycles. The molecule has 1 aliphatic rings. The SMILES string of the molecule is CC(NC(=O)c1ccc(S(=O)(=O)Cl)cc1)C1CCCCC1. The Labute approximate surface area is 130 Å². The van der Waals surface area contributed by atoms with Gasteiger partial charge in [0.2, 0.25) is 0 Å². The molecular weight excluding hydrogens is 310 g/mol. The molecule has 0 bridgehead atoms. The third-order valence-electron chi connectivity index (χ3n) is 4.11. The lowest BCUT2D eigenvalue weighted by Crippen LogP contribution is -2.38. The standard InChI is InChI=1S/C15H20ClNO3S/c1-11(12-5-3-2-4-6-12)17-15(18)13-7-9-14(10-8-13)21(16,19)20/h7-12H,2-6H2,1H3,(H,17,18). The van der Waals surface area contributed by atoms with E-state index in [1.807, 2.05) is 6.92 Å². The van der Waals surface area contributed by atoms with Gasteiger partial charge in [-0.05, 0) is 49.9 Å². The van der Waals surface area contributed by atoms with E-state index in [2.05, 4.69) is 5.32 Å². The lowest BCUT2D eigenvalue weighted by Gasteiger charge is -2.28. The molecule has 1 amide bonds. The monoisotopic (exact) mass is 329 g/mol. The molecule has 1 aromatic rings. The normalized spacial score (nSPS) is 18.2. The van der Waals surface area contributed by atoms with Gasteiger partial charge in [0, 0.05) is 22.3 Å². The maximum atomic E-state index is 12.2. The van der Waals surface area contributed by atoms with E-state index in [1.165, 1.54) is 43.5 Å². The first-order chi connectivity index (χ1) is 9.88. The van der Waals surface area contributed by atoms with Crippen molar-refractivity contribution in [3.05, 3.63) is 29.8 Å².